The molecule has 0 spiro atoms. The van der Waals surface area contributed by atoms with Crippen molar-refractivity contribution in [3.8, 4) is 16.9 Å². The first-order valence-electron chi connectivity index (χ1n) is 9.32. The van der Waals surface area contributed by atoms with Crippen molar-refractivity contribution in [2.75, 3.05) is 13.2 Å². The van der Waals surface area contributed by atoms with Crippen molar-refractivity contribution in [1.82, 2.24) is 15.4 Å². The number of hydrogen-bond acceptors (Lipinski definition) is 6. The predicted molar refractivity (Wildman–Crippen MR) is 107 cm³/mol. The van der Waals surface area contributed by atoms with Crippen LogP contribution in [0.3, 0.4) is 0 Å². The van der Waals surface area contributed by atoms with Crippen molar-refractivity contribution in [3.05, 3.63) is 54.2 Å². The molecule has 0 aliphatic heterocycles. The van der Waals surface area contributed by atoms with Crippen LogP contribution in [0.1, 0.15) is 30.3 Å². The zero-order valence-electron chi connectivity index (χ0n) is 15.6. The molecule has 1 heterocycles. The Labute approximate surface area is 167 Å². The fraction of sp³-hybridized carbons (Fsp3) is 0.286. The van der Waals surface area contributed by atoms with Gasteiger partial charge in [0.1, 0.15) is 5.75 Å². The number of esters is 1. The van der Waals surface area contributed by atoms with Gasteiger partial charge in [-0.1, -0.05) is 41.2 Å². The van der Waals surface area contributed by atoms with E-state index < -0.39 is 5.97 Å². The van der Waals surface area contributed by atoms with Crippen molar-refractivity contribution in [2.45, 2.75) is 29.7 Å². The molecule has 1 fully saturated rings. The molecule has 4 rings (SSSR count). The van der Waals surface area contributed by atoms with Gasteiger partial charge in [0, 0.05) is 4.90 Å². The van der Waals surface area contributed by atoms with E-state index in [1.807, 2.05) is 36.4 Å². The van der Waals surface area contributed by atoms with Gasteiger partial charge in [0.15, 0.2) is 10.7 Å². The maximum absolute atomic E-state index is 11.9. The molecule has 1 N–H and O–H groups in total. The predicted octanol–water partition coefficient (Wildman–Crippen LogP) is 4.59. The Morgan fingerprint density at radius 3 is 2.75 bits per heavy atom. The Bertz CT molecular complexity index is 952. The number of aromatic amines is 1. The summed E-state index contributed by atoms with van der Waals surface area (Å²) in [5.41, 5.74) is 2.49. The van der Waals surface area contributed by atoms with Gasteiger partial charge >= 0.3 is 5.97 Å². The van der Waals surface area contributed by atoms with Gasteiger partial charge in [0.05, 0.1) is 13.2 Å². The van der Waals surface area contributed by atoms with Gasteiger partial charge in [-0.2, -0.15) is 0 Å². The fourth-order valence-corrected chi connectivity index (χ4v) is 3.53. The minimum absolute atomic E-state index is 0.274. The van der Waals surface area contributed by atoms with Crippen LogP contribution in [-0.2, 0) is 4.74 Å². The fourth-order valence-electron chi connectivity index (χ4n) is 2.72. The quantitative estimate of drug-likeness (QED) is 0.562. The molecule has 0 atom stereocenters. The molecule has 7 heteroatoms. The smallest absolute Gasteiger partial charge is 0.359 e. The Morgan fingerprint density at radius 1 is 1.18 bits per heavy atom. The largest absolute Gasteiger partial charge is 0.493 e. The summed E-state index contributed by atoms with van der Waals surface area (Å²) in [5.74, 6) is 1.19. The zero-order chi connectivity index (χ0) is 19.3. The number of H-pyrrole nitrogens is 1. The summed E-state index contributed by atoms with van der Waals surface area (Å²) in [6, 6.07) is 16.3. The van der Waals surface area contributed by atoms with Gasteiger partial charge in [-0.3, -0.25) is 5.10 Å². The van der Waals surface area contributed by atoms with E-state index in [9.17, 15) is 4.79 Å². The van der Waals surface area contributed by atoms with Crippen molar-refractivity contribution >= 4 is 17.7 Å². The highest BCUT2D eigenvalue weighted by atomic mass is 32.2. The van der Waals surface area contributed by atoms with Crippen LogP contribution in [0.15, 0.2) is 58.5 Å². The normalized spacial score (nSPS) is 13.3. The number of benzene rings is 2. The molecule has 2 aromatic carbocycles. The highest BCUT2D eigenvalue weighted by Gasteiger charge is 2.22. The first-order chi connectivity index (χ1) is 13.7. The molecule has 0 unspecified atom stereocenters. The van der Waals surface area contributed by atoms with Gasteiger partial charge in [-0.25, -0.2) is 4.79 Å². The number of carbonyl (C=O) groups is 1. The molecule has 0 saturated heterocycles. The molecular weight excluding hydrogens is 374 g/mol. The van der Waals surface area contributed by atoms with Crippen LogP contribution in [0, 0.1) is 5.92 Å². The second-order valence-electron chi connectivity index (χ2n) is 6.62. The lowest BCUT2D eigenvalue weighted by atomic mass is 10.1. The van der Waals surface area contributed by atoms with E-state index in [0.717, 1.165) is 34.3 Å². The SMILES string of the molecule is CCOC(=O)c1[nH]nnc1Sc1ccc(-c2cccc(OCC3CC3)c2)cc1. The summed E-state index contributed by atoms with van der Waals surface area (Å²) in [6.45, 7) is 2.87. The number of ether oxygens (including phenoxy) is 2. The number of carbonyl (C=O) groups excluding carboxylic acids is 1. The Kier molecular flexibility index (Phi) is 5.62. The summed E-state index contributed by atoms with van der Waals surface area (Å²) in [4.78, 5) is 12.9. The van der Waals surface area contributed by atoms with Crippen LogP contribution >= 0.6 is 11.8 Å². The van der Waals surface area contributed by atoms with Gasteiger partial charge in [-0.15, -0.1) is 5.10 Å². The molecule has 3 aromatic rings. The van der Waals surface area contributed by atoms with E-state index in [-0.39, 0.29) is 5.69 Å². The van der Waals surface area contributed by atoms with E-state index in [1.165, 1.54) is 24.6 Å². The third-order valence-corrected chi connectivity index (χ3v) is 5.40. The number of rotatable bonds is 8. The molecule has 6 nitrogen and oxygen atoms in total. The molecule has 0 bridgehead atoms. The second-order valence-corrected chi connectivity index (χ2v) is 7.68. The van der Waals surface area contributed by atoms with Crippen molar-refractivity contribution in [2.24, 2.45) is 5.92 Å². The average Bonchev–Trinajstić information content (AvgIpc) is 3.44. The lowest BCUT2D eigenvalue weighted by Gasteiger charge is -2.08. The molecular formula is C21H21N3O3S. The topological polar surface area (TPSA) is 77.1 Å². The van der Waals surface area contributed by atoms with Gasteiger partial charge in [0.2, 0.25) is 0 Å². The highest BCUT2D eigenvalue weighted by molar-refractivity contribution is 7.99. The zero-order valence-corrected chi connectivity index (χ0v) is 16.4. The van der Waals surface area contributed by atoms with Gasteiger partial charge in [-0.05, 0) is 61.1 Å². The first-order valence-corrected chi connectivity index (χ1v) is 10.1. The minimum atomic E-state index is -0.449. The lowest BCUT2D eigenvalue weighted by Crippen LogP contribution is -2.06. The summed E-state index contributed by atoms with van der Waals surface area (Å²) in [6.07, 6.45) is 2.56. The lowest BCUT2D eigenvalue weighted by molar-refractivity contribution is 0.0515. The van der Waals surface area contributed by atoms with E-state index >= 15 is 0 Å². The standard InChI is InChI=1S/C21H21N3O3S/c1-2-26-21(25)19-20(23-24-22-19)28-18-10-8-15(9-11-18)16-4-3-5-17(12-16)27-13-14-6-7-14/h3-5,8-12,14H,2,6-7,13H2,1H3,(H,22,23,24). The van der Waals surface area contributed by atoms with Crippen LogP contribution in [0.2, 0.25) is 0 Å². The number of hydrogen-bond donors (Lipinski definition) is 1. The Hall–Kier alpha value is -2.80. The summed E-state index contributed by atoms with van der Waals surface area (Å²) < 4.78 is 10.9. The van der Waals surface area contributed by atoms with Crippen LogP contribution < -0.4 is 4.74 Å². The molecule has 1 saturated carbocycles. The minimum Gasteiger partial charge on any atom is -0.493 e. The molecule has 28 heavy (non-hydrogen) atoms. The van der Waals surface area contributed by atoms with Crippen molar-refractivity contribution < 1.29 is 14.3 Å². The van der Waals surface area contributed by atoms with E-state index in [4.69, 9.17) is 9.47 Å². The van der Waals surface area contributed by atoms with E-state index in [1.54, 1.807) is 6.92 Å². The first kappa shape index (κ1) is 18.6. The molecule has 0 radical (unpaired) electrons. The van der Waals surface area contributed by atoms with Crippen LogP contribution in [0.5, 0.6) is 5.75 Å². The van der Waals surface area contributed by atoms with Crippen molar-refractivity contribution in [1.29, 1.82) is 0 Å². The number of aromatic nitrogens is 3. The Morgan fingerprint density at radius 2 is 2.00 bits per heavy atom. The van der Waals surface area contributed by atoms with Crippen LogP contribution in [-0.4, -0.2) is 34.6 Å². The maximum Gasteiger partial charge on any atom is 0.359 e. The molecule has 144 valence electrons. The maximum atomic E-state index is 11.9. The average molecular weight is 395 g/mol. The van der Waals surface area contributed by atoms with E-state index in [0.29, 0.717) is 11.6 Å². The van der Waals surface area contributed by atoms with Gasteiger partial charge < -0.3 is 9.47 Å². The van der Waals surface area contributed by atoms with Gasteiger partial charge in [0.25, 0.3) is 0 Å². The molecule has 0 amide bonds. The number of nitrogens with zero attached hydrogens (tertiary/aromatic N) is 2. The Balaban J connectivity index is 1.45. The summed E-state index contributed by atoms with van der Waals surface area (Å²) in [7, 11) is 0. The molecule has 1 aliphatic carbocycles. The second kappa shape index (κ2) is 8.48. The summed E-state index contributed by atoms with van der Waals surface area (Å²) >= 11 is 1.37. The third kappa shape index (κ3) is 4.54. The third-order valence-electron chi connectivity index (χ3n) is 4.41. The van der Waals surface area contributed by atoms with E-state index in [2.05, 4.69) is 27.5 Å². The van der Waals surface area contributed by atoms with Crippen molar-refractivity contribution in [3.63, 3.8) is 0 Å². The highest BCUT2D eigenvalue weighted by Crippen LogP contribution is 2.32. The number of nitrogens with one attached hydrogen (secondary N) is 1. The summed E-state index contributed by atoms with van der Waals surface area (Å²) in [5, 5.41) is 10.8. The molecule has 1 aromatic heterocycles. The van der Waals surface area contributed by atoms with Crippen LogP contribution in [0.4, 0.5) is 0 Å². The monoisotopic (exact) mass is 395 g/mol. The molecule has 1 aliphatic rings. The van der Waals surface area contributed by atoms with Crippen LogP contribution in [0.25, 0.3) is 11.1 Å².